The molecule has 178 valence electrons. The van der Waals surface area contributed by atoms with Crippen LogP contribution < -0.4 is 10.5 Å². The molecule has 5 rings (SSSR count). The monoisotopic (exact) mass is 473 g/mol. The summed E-state index contributed by atoms with van der Waals surface area (Å²) in [5, 5.41) is 29.8. The Bertz CT molecular complexity index is 1400. The molecular weight excluding hydrogens is 450 g/mol. The first kappa shape index (κ1) is 22.8. The van der Waals surface area contributed by atoms with Crippen molar-refractivity contribution in [3.63, 3.8) is 0 Å². The third-order valence-corrected chi connectivity index (χ3v) is 5.71. The lowest BCUT2D eigenvalue weighted by molar-refractivity contribution is -0.0511. The van der Waals surface area contributed by atoms with Gasteiger partial charge in [-0.2, -0.15) is 0 Å². The molecule has 4 unspecified atom stereocenters. The van der Waals surface area contributed by atoms with Crippen molar-refractivity contribution in [2.45, 2.75) is 24.5 Å². The Labute approximate surface area is 200 Å². The predicted molar refractivity (Wildman–Crippen MR) is 127 cm³/mol. The van der Waals surface area contributed by atoms with Crippen molar-refractivity contribution in [2.75, 3.05) is 18.9 Å². The van der Waals surface area contributed by atoms with Gasteiger partial charge in [0.1, 0.15) is 36.2 Å². The van der Waals surface area contributed by atoms with Crippen LogP contribution in [0.25, 0.3) is 22.3 Å². The number of nitrogens with zero attached hydrogens (tertiary/aromatic N) is 4. The first-order chi connectivity index (χ1) is 17.1. The van der Waals surface area contributed by atoms with Gasteiger partial charge in [-0.15, -0.1) is 0 Å². The fraction of sp³-hybridized carbons (Fsp3) is 0.240. The average Bonchev–Trinajstić information content (AvgIpc) is 3.43. The van der Waals surface area contributed by atoms with E-state index in [0.717, 1.165) is 11.1 Å². The van der Waals surface area contributed by atoms with Crippen molar-refractivity contribution < 1.29 is 24.8 Å². The lowest BCUT2D eigenvalue weighted by Gasteiger charge is -2.16. The first-order valence-electron chi connectivity index (χ1n) is 11.0. The molecule has 2 aromatic heterocycles. The summed E-state index contributed by atoms with van der Waals surface area (Å²) in [7, 11) is 0. The van der Waals surface area contributed by atoms with Gasteiger partial charge in [0.2, 0.25) is 5.82 Å². The summed E-state index contributed by atoms with van der Waals surface area (Å²) in [6, 6.07) is 17.6. The molecule has 1 aliphatic rings. The molecule has 2 aromatic carbocycles. The van der Waals surface area contributed by atoms with Crippen LogP contribution in [0.3, 0.4) is 0 Å². The maximum Gasteiger partial charge on any atom is 0.209 e. The van der Waals surface area contributed by atoms with Crippen LogP contribution >= 0.6 is 0 Å². The largest absolute Gasteiger partial charge is 0.480 e. The second-order valence-corrected chi connectivity index (χ2v) is 7.94. The van der Waals surface area contributed by atoms with E-state index in [1.165, 1.54) is 10.9 Å². The van der Waals surface area contributed by atoms with Gasteiger partial charge in [0.15, 0.2) is 17.7 Å². The lowest BCUT2D eigenvalue weighted by Crippen LogP contribution is -2.33. The predicted octanol–water partition coefficient (Wildman–Crippen LogP) is 1.12. The number of hydrogen-bond donors (Lipinski definition) is 4. The molecule has 1 fully saturated rings. The molecule has 35 heavy (non-hydrogen) atoms. The van der Waals surface area contributed by atoms with E-state index >= 15 is 0 Å². The molecule has 0 amide bonds. The van der Waals surface area contributed by atoms with Gasteiger partial charge in [0.25, 0.3) is 0 Å². The maximum absolute atomic E-state index is 10.4. The Morgan fingerprint density at radius 3 is 2.57 bits per heavy atom. The quantitative estimate of drug-likeness (QED) is 0.313. The SMILES string of the molecule is Nc1nc(C#CCOc2ccccc2-c2ccccc2)nc2c1ncn2C1OC(CO)C(O)C1O. The summed E-state index contributed by atoms with van der Waals surface area (Å²) < 4.78 is 12.9. The van der Waals surface area contributed by atoms with E-state index in [1.54, 1.807) is 0 Å². The number of nitrogen functional groups attached to an aromatic ring is 1. The van der Waals surface area contributed by atoms with Gasteiger partial charge in [0, 0.05) is 5.56 Å². The lowest BCUT2D eigenvalue weighted by atomic mass is 10.1. The number of fused-ring (bicyclic) bond motifs is 1. The number of aliphatic hydroxyl groups excluding tert-OH is 3. The Kier molecular flexibility index (Phi) is 6.31. The number of aliphatic hydroxyl groups is 3. The Hall–Kier alpha value is -4.01. The van der Waals surface area contributed by atoms with E-state index in [9.17, 15) is 15.3 Å². The van der Waals surface area contributed by atoms with E-state index < -0.39 is 31.1 Å². The van der Waals surface area contributed by atoms with E-state index in [-0.39, 0.29) is 23.9 Å². The molecule has 5 N–H and O–H groups in total. The zero-order valence-electron chi connectivity index (χ0n) is 18.5. The van der Waals surface area contributed by atoms with Crippen LogP contribution in [0.15, 0.2) is 60.9 Å². The number of anilines is 1. The standard InChI is InChI=1S/C25H23N5O5/c26-23-20-24(30(14-27-20)25-22(33)21(32)18(13-31)35-25)29-19(28-23)11-6-12-34-17-10-5-4-9-16(17)15-7-2-1-3-8-15/h1-5,7-10,14,18,21-22,25,31-33H,12-13H2,(H2,26,28,29). The van der Waals surface area contributed by atoms with Gasteiger partial charge in [0.05, 0.1) is 12.9 Å². The Balaban J connectivity index is 1.37. The molecular formula is C25H23N5O5. The number of ether oxygens (including phenoxy) is 2. The number of aromatic nitrogens is 4. The zero-order valence-corrected chi connectivity index (χ0v) is 18.5. The summed E-state index contributed by atoms with van der Waals surface area (Å²) in [6.45, 7) is -0.345. The second-order valence-electron chi connectivity index (χ2n) is 7.94. The molecule has 0 saturated carbocycles. The molecule has 4 atom stereocenters. The van der Waals surface area contributed by atoms with Crippen LogP contribution in [0.4, 0.5) is 5.82 Å². The molecule has 4 aromatic rings. The van der Waals surface area contributed by atoms with Gasteiger partial charge in [-0.3, -0.25) is 4.57 Å². The number of nitrogens with two attached hydrogens (primary N) is 1. The normalized spacial score (nSPS) is 21.6. The van der Waals surface area contributed by atoms with Crippen LogP contribution in [0, 0.1) is 11.8 Å². The number of benzene rings is 2. The number of rotatable bonds is 5. The maximum atomic E-state index is 10.4. The molecule has 0 bridgehead atoms. The van der Waals surface area contributed by atoms with Crippen molar-refractivity contribution in [3.8, 4) is 28.7 Å². The fourth-order valence-electron chi connectivity index (χ4n) is 3.97. The molecule has 1 saturated heterocycles. The van der Waals surface area contributed by atoms with E-state index in [4.69, 9.17) is 15.2 Å². The van der Waals surface area contributed by atoms with Crippen molar-refractivity contribution in [3.05, 3.63) is 66.7 Å². The highest BCUT2D eigenvalue weighted by Gasteiger charge is 2.44. The fourth-order valence-corrected chi connectivity index (χ4v) is 3.97. The highest BCUT2D eigenvalue weighted by atomic mass is 16.6. The minimum Gasteiger partial charge on any atom is -0.480 e. The minimum absolute atomic E-state index is 0.0965. The van der Waals surface area contributed by atoms with E-state index in [0.29, 0.717) is 11.3 Å². The molecule has 0 spiro atoms. The van der Waals surface area contributed by atoms with Crippen LogP contribution in [0.2, 0.25) is 0 Å². The van der Waals surface area contributed by atoms with Crippen molar-refractivity contribution in [1.29, 1.82) is 0 Å². The summed E-state index contributed by atoms with van der Waals surface area (Å²) in [5.41, 5.74) is 8.63. The first-order valence-corrected chi connectivity index (χ1v) is 11.0. The zero-order chi connectivity index (χ0) is 24.4. The number of hydrogen-bond acceptors (Lipinski definition) is 9. The minimum atomic E-state index is -1.28. The number of imidazole rings is 1. The molecule has 3 heterocycles. The second kappa shape index (κ2) is 9.69. The van der Waals surface area contributed by atoms with Gasteiger partial charge in [-0.25, -0.2) is 15.0 Å². The molecule has 0 radical (unpaired) electrons. The Morgan fingerprint density at radius 1 is 1.03 bits per heavy atom. The van der Waals surface area contributed by atoms with Crippen LogP contribution in [-0.4, -0.2) is 66.4 Å². The third-order valence-electron chi connectivity index (χ3n) is 5.71. The smallest absolute Gasteiger partial charge is 0.209 e. The summed E-state index contributed by atoms with van der Waals surface area (Å²) in [4.78, 5) is 12.8. The third kappa shape index (κ3) is 4.41. The highest BCUT2D eigenvalue weighted by molar-refractivity contribution is 5.82. The highest BCUT2D eigenvalue weighted by Crippen LogP contribution is 2.32. The molecule has 10 heteroatoms. The topological polar surface area (TPSA) is 149 Å². The van der Waals surface area contributed by atoms with E-state index in [1.807, 2.05) is 54.6 Å². The Morgan fingerprint density at radius 2 is 1.80 bits per heavy atom. The van der Waals surface area contributed by atoms with Crippen LogP contribution in [0.1, 0.15) is 12.1 Å². The average molecular weight is 473 g/mol. The summed E-state index contributed by atoms with van der Waals surface area (Å²) >= 11 is 0. The van der Waals surface area contributed by atoms with Gasteiger partial charge in [-0.1, -0.05) is 54.5 Å². The summed E-state index contributed by atoms with van der Waals surface area (Å²) in [5.74, 6) is 6.70. The van der Waals surface area contributed by atoms with Crippen molar-refractivity contribution in [1.82, 2.24) is 19.5 Å². The van der Waals surface area contributed by atoms with Crippen molar-refractivity contribution in [2.24, 2.45) is 0 Å². The van der Waals surface area contributed by atoms with Crippen LogP contribution in [-0.2, 0) is 4.74 Å². The van der Waals surface area contributed by atoms with Gasteiger partial charge >= 0.3 is 0 Å². The molecule has 1 aliphatic heterocycles. The van der Waals surface area contributed by atoms with Crippen molar-refractivity contribution >= 4 is 17.0 Å². The van der Waals surface area contributed by atoms with Crippen LogP contribution in [0.5, 0.6) is 5.75 Å². The number of para-hydroxylation sites is 1. The molecule has 0 aliphatic carbocycles. The molecule has 10 nitrogen and oxygen atoms in total. The van der Waals surface area contributed by atoms with Gasteiger partial charge < -0.3 is 30.5 Å². The summed E-state index contributed by atoms with van der Waals surface area (Å²) in [6.07, 6.45) is -3.08. The van der Waals surface area contributed by atoms with Gasteiger partial charge in [-0.05, 0) is 17.6 Å². The van der Waals surface area contributed by atoms with E-state index in [2.05, 4.69) is 26.8 Å².